The Balaban J connectivity index is 1.76. The van der Waals surface area contributed by atoms with Crippen molar-refractivity contribution in [3.8, 4) is 0 Å². The molecule has 1 aliphatic heterocycles. The first-order valence-electron chi connectivity index (χ1n) is 7.05. The van der Waals surface area contributed by atoms with E-state index in [0.29, 0.717) is 31.0 Å². The molecular weight excluding hydrogens is 256 g/mol. The number of carbonyl (C=O) groups is 2. The maximum Gasteiger partial charge on any atom is 0.225 e. The summed E-state index contributed by atoms with van der Waals surface area (Å²) in [6, 6.07) is 0. The third-order valence-corrected chi connectivity index (χ3v) is 3.98. The van der Waals surface area contributed by atoms with Crippen molar-refractivity contribution in [1.29, 1.82) is 0 Å². The lowest BCUT2D eigenvalue weighted by Crippen LogP contribution is -2.48. The Bertz CT molecular complexity index is 550. The first-order valence-corrected chi connectivity index (χ1v) is 7.05. The second-order valence-corrected chi connectivity index (χ2v) is 5.30. The minimum Gasteiger partial charge on any atom is -0.339 e. The number of rotatable bonds is 1. The van der Waals surface area contributed by atoms with Gasteiger partial charge in [-0.15, -0.1) is 0 Å². The molecule has 1 fully saturated rings. The normalized spacial score (nSPS) is 18.9. The van der Waals surface area contributed by atoms with Crippen molar-refractivity contribution in [2.24, 2.45) is 0 Å². The average molecular weight is 274 g/mol. The number of ketones is 1. The van der Waals surface area contributed by atoms with Gasteiger partial charge in [0.1, 0.15) is 0 Å². The van der Waals surface area contributed by atoms with Gasteiger partial charge in [0.15, 0.2) is 5.78 Å². The standard InChI is InChI=1S/C14H18N4O2/c1-10(19)17-5-7-18(8-6-17)14-15-9-11-12(16-14)3-2-4-13(11)20/h9H,2-8H2,1H3. The smallest absolute Gasteiger partial charge is 0.225 e. The van der Waals surface area contributed by atoms with Gasteiger partial charge < -0.3 is 9.80 Å². The fraction of sp³-hybridized carbons (Fsp3) is 0.571. The SMILES string of the molecule is CC(=O)N1CCN(c2ncc3c(n2)CCCC3=O)CC1. The van der Waals surface area contributed by atoms with Gasteiger partial charge in [-0.3, -0.25) is 9.59 Å². The maximum atomic E-state index is 11.8. The molecule has 0 aromatic carbocycles. The maximum absolute atomic E-state index is 11.8. The Labute approximate surface area is 117 Å². The molecule has 20 heavy (non-hydrogen) atoms. The van der Waals surface area contributed by atoms with Crippen LogP contribution in [0.3, 0.4) is 0 Å². The van der Waals surface area contributed by atoms with Gasteiger partial charge in [0.2, 0.25) is 11.9 Å². The number of hydrogen-bond donors (Lipinski definition) is 0. The first-order chi connectivity index (χ1) is 9.65. The van der Waals surface area contributed by atoms with Gasteiger partial charge in [0, 0.05) is 45.7 Å². The summed E-state index contributed by atoms with van der Waals surface area (Å²) >= 11 is 0. The molecule has 2 aliphatic rings. The molecular formula is C14H18N4O2. The van der Waals surface area contributed by atoms with E-state index < -0.39 is 0 Å². The summed E-state index contributed by atoms with van der Waals surface area (Å²) in [7, 11) is 0. The minimum absolute atomic E-state index is 0.113. The summed E-state index contributed by atoms with van der Waals surface area (Å²) < 4.78 is 0. The highest BCUT2D eigenvalue weighted by Gasteiger charge is 2.23. The van der Waals surface area contributed by atoms with E-state index in [4.69, 9.17) is 0 Å². The summed E-state index contributed by atoms with van der Waals surface area (Å²) in [5.41, 5.74) is 1.56. The lowest BCUT2D eigenvalue weighted by atomic mass is 9.96. The van der Waals surface area contributed by atoms with Crippen LogP contribution in [0.4, 0.5) is 5.95 Å². The minimum atomic E-state index is 0.113. The predicted octanol–water partition coefficient (Wildman–Crippen LogP) is 0.664. The lowest BCUT2D eigenvalue weighted by Gasteiger charge is -2.34. The van der Waals surface area contributed by atoms with Gasteiger partial charge in [-0.25, -0.2) is 9.97 Å². The second-order valence-electron chi connectivity index (χ2n) is 5.30. The molecule has 1 aromatic rings. The number of fused-ring (bicyclic) bond motifs is 1. The Kier molecular flexibility index (Phi) is 3.38. The Morgan fingerprint density at radius 3 is 2.65 bits per heavy atom. The molecule has 6 nitrogen and oxygen atoms in total. The van der Waals surface area contributed by atoms with Crippen LogP contribution in [0.2, 0.25) is 0 Å². The van der Waals surface area contributed by atoms with Gasteiger partial charge in [-0.1, -0.05) is 0 Å². The quantitative estimate of drug-likeness (QED) is 0.753. The van der Waals surface area contributed by atoms with Gasteiger partial charge in [0.25, 0.3) is 0 Å². The third kappa shape index (κ3) is 2.37. The van der Waals surface area contributed by atoms with Crippen LogP contribution < -0.4 is 4.90 Å². The number of anilines is 1. The van der Waals surface area contributed by atoms with E-state index in [0.717, 1.165) is 31.6 Å². The molecule has 1 amide bonds. The van der Waals surface area contributed by atoms with Crippen molar-refractivity contribution in [2.75, 3.05) is 31.1 Å². The van der Waals surface area contributed by atoms with Gasteiger partial charge in [-0.2, -0.15) is 0 Å². The molecule has 0 saturated carbocycles. The van der Waals surface area contributed by atoms with Gasteiger partial charge in [0.05, 0.1) is 11.3 Å². The topological polar surface area (TPSA) is 66.4 Å². The van der Waals surface area contributed by atoms with Crippen LogP contribution in [-0.2, 0) is 11.2 Å². The number of aryl methyl sites for hydroxylation is 1. The van der Waals surface area contributed by atoms with Crippen LogP contribution >= 0.6 is 0 Å². The van der Waals surface area contributed by atoms with Crippen LogP contribution in [0.1, 0.15) is 35.8 Å². The van der Waals surface area contributed by atoms with Crippen LogP contribution in [0.25, 0.3) is 0 Å². The van der Waals surface area contributed by atoms with E-state index in [1.54, 1.807) is 13.1 Å². The van der Waals surface area contributed by atoms with Crippen LogP contribution in [-0.4, -0.2) is 52.7 Å². The van der Waals surface area contributed by atoms with Crippen LogP contribution in [0, 0.1) is 0 Å². The fourth-order valence-electron chi connectivity index (χ4n) is 2.75. The molecule has 1 aliphatic carbocycles. The van der Waals surface area contributed by atoms with Crippen molar-refractivity contribution >= 4 is 17.6 Å². The van der Waals surface area contributed by atoms with E-state index in [9.17, 15) is 9.59 Å². The van der Waals surface area contributed by atoms with Crippen LogP contribution in [0.15, 0.2) is 6.20 Å². The van der Waals surface area contributed by atoms with Crippen molar-refractivity contribution in [2.45, 2.75) is 26.2 Å². The van der Waals surface area contributed by atoms with E-state index in [2.05, 4.69) is 14.9 Å². The number of nitrogens with zero attached hydrogens (tertiary/aromatic N) is 4. The summed E-state index contributed by atoms with van der Waals surface area (Å²) in [6.07, 6.45) is 3.99. The van der Waals surface area contributed by atoms with E-state index >= 15 is 0 Å². The second kappa shape index (κ2) is 5.19. The van der Waals surface area contributed by atoms with E-state index in [1.807, 2.05) is 4.90 Å². The molecule has 1 saturated heterocycles. The number of piperazine rings is 1. The van der Waals surface area contributed by atoms with E-state index in [-0.39, 0.29) is 11.7 Å². The monoisotopic (exact) mass is 274 g/mol. The molecule has 3 rings (SSSR count). The fourth-order valence-corrected chi connectivity index (χ4v) is 2.75. The lowest BCUT2D eigenvalue weighted by molar-refractivity contribution is -0.129. The molecule has 2 heterocycles. The Hall–Kier alpha value is -1.98. The van der Waals surface area contributed by atoms with Crippen molar-refractivity contribution < 1.29 is 9.59 Å². The molecule has 106 valence electrons. The highest BCUT2D eigenvalue weighted by atomic mass is 16.2. The predicted molar refractivity (Wildman–Crippen MR) is 73.8 cm³/mol. The molecule has 1 aromatic heterocycles. The average Bonchev–Trinajstić information content (AvgIpc) is 2.47. The van der Waals surface area contributed by atoms with Gasteiger partial charge in [-0.05, 0) is 12.8 Å². The molecule has 6 heteroatoms. The summed E-state index contributed by atoms with van der Waals surface area (Å²) in [5.74, 6) is 0.947. The first kappa shape index (κ1) is 13.0. The van der Waals surface area contributed by atoms with E-state index in [1.165, 1.54) is 0 Å². The molecule has 0 atom stereocenters. The summed E-state index contributed by atoms with van der Waals surface area (Å²) in [5, 5.41) is 0. The molecule has 0 radical (unpaired) electrons. The number of aromatic nitrogens is 2. The van der Waals surface area contributed by atoms with Gasteiger partial charge >= 0.3 is 0 Å². The number of carbonyl (C=O) groups excluding carboxylic acids is 2. The number of Topliss-reactive ketones (excluding diaryl/α,β-unsaturated/α-hetero) is 1. The zero-order valence-electron chi connectivity index (χ0n) is 11.6. The number of amides is 1. The summed E-state index contributed by atoms with van der Waals surface area (Å²) in [4.78, 5) is 35.8. The Morgan fingerprint density at radius 1 is 1.20 bits per heavy atom. The largest absolute Gasteiger partial charge is 0.339 e. The summed E-state index contributed by atoms with van der Waals surface area (Å²) in [6.45, 7) is 4.48. The zero-order valence-corrected chi connectivity index (χ0v) is 11.6. The highest BCUT2D eigenvalue weighted by molar-refractivity contribution is 5.97. The van der Waals surface area contributed by atoms with Crippen molar-refractivity contribution in [3.05, 3.63) is 17.5 Å². The molecule has 0 bridgehead atoms. The van der Waals surface area contributed by atoms with Crippen molar-refractivity contribution in [3.63, 3.8) is 0 Å². The molecule has 0 N–H and O–H groups in total. The third-order valence-electron chi connectivity index (χ3n) is 3.98. The van der Waals surface area contributed by atoms with Crippen molar-refractivity contribution in [1.82, 2.24) is 14.9 Å². The number of hydrogen-bond acceptors (Lipinski definition) is 5. The Morgan fingerprint density at radius 2 is 1.95 bits per heavy atom. The zero-order chi connectivity index (χ0) is 14.1. The highest BCUT2D eigenvalue weighted by Crippen LogP contribution is 2.21. The molecule has 0 spiro atoms. The van der Waals surface area contributed by atoms with Crippen LogP contribution in [0.5, 0.6) is 0 Å². The molecule has 0 unspecified atom stereocenters.